The standard InChI is InChI=1S/C41H23N3S2/c1-2-10-25-23(9-1)19-32-39(24-17-18-29-27-12-4-7-15-35(27)45-37(29)20-24)42-41(43-40(25)32)44-33-14-6-3-11-26(33)30-21-31-28-13-5-8-16-36(28)46-38(31)22-34(30)44/h1-18,20-22H,19H2. The van der Waals surface area contributed by atoms with Gasteiger partial charge in [0.2, 0.25) is 5.95 Å². The molecule has 0 N–H and O–H groups in total. The monoisotopic (exact) mass is 621 g/mol. The van der Waals surface area contributed by atoms with E-state index in [-0.39, 0.29) is 0 Å². The summed E-state index contributed by atoms with van der Waals surface area (Å²) in [5.74, 6) is 0.716. The van der Waals surface area contributed by atoms with Gasteiger partial charge in [-0.05, 0) is 42.0 Å². The van der Waals surface area contributed by atoms with Crippen molar-refractivity contribution in [1.82, 2.24) is 14.5 Å². The molecule has 0 saturated heterocycles. The molecule has 11 rings (SSSR count). The molecule has 10 aromatic rings. The van der Waals surface area contributed by atoms with Crippen LogP contribution in [-0.4, -0.2) is 14.5 Å². The Bertz CT molecular complexity index is 2910. The Labute approximate surface area is 271 Å². The van der Waals surface area contributed by atoms with Crippen LogP contribution in [0.15, 0.2) is 127 Å². The van der Waals surface area contributed by atoms with E-state index in [0.717, 1.165) is 34.4 Å². The van der Waals surface area contributed by atoms with Crippen LogP contribution in [0, 0.1) is 0 Å². The molecule has 6 aromatic carbocycles. The number of hydrogen-bond acceptors (Lipinski definition) is 4. The summed E-state index contributed by atoms with van der Waals surface area (Å²) in [4.78, 5) is 10.9. The minimum atomic E-state index is 0.716. The number of nitrogens with zero attached hydrogens (tertiary/aromatic N) is 3. The van der Waals surface area contributed by atoms with Gasteiger partial charge >= 0.3 is 0 Å². The van der Waals surface area contributed by atoms with Gasteiger partial charge in [-0.25, -0.2) is 9.97 Å². The van der Waals surface area contributed by atoms with Gasteiger partial charge in [0.15, 0.2) is 0 Å². The molecule has 1 aliphatic carbocycles. The third-order valence-corrected chi connectivity index (χ3v) is 11.9. The Morgan fingerprint density at radius 2 is 1.13 bits per heavy atom. The zero-order chi connectivity index (χ0) is 29.9. The maximum Gasteiger partial charge on any atom is 0.235 e. The van der Waals surface area contributed by atoms with Crippen LogP contribution in [-0.2, 0) is 6.42 Å². The van der Waals surface area contributed by atoms with Crippen LogP contribution in [0.5, 0.6) is 0 Å². The highest BCUT2D eigenvalue weighted by Gasteiger charge is 2.27. The Morgan fingerprint density at radius 3 is 1.98 bits per heavy atom. The lowest BCUT2D eigenvalue weighted by molar-refractivity contribution is 0.985. The number of rotatable bonds is 2. The van der Waals surface area contributed by atoms with Gasteiger partial charge in [0, 0.05) is 74.2 Å². The Kier molecular flexibility index (Phi) is 4.93. The lowest BCUT2D eigenvalue weighted by atomic mass is 10.0. The van der Waals surface area contributed by atoms with Crippen LogP contribution >= 0.6 is 22.7 Å². The molecule has 3 nitrogen and oxygen atoms in total. The summed E-state index contributed by atoms with van der Waals surface area (Å²) < 4.78 is 7.47. The predicted octanol–water partition coefficient (Wildman–Crippen LogP) is 11.5. The lowest BCUT2D eigenvalue weighted by Crippen LogP contribution is -2.05. The second kappa shape index (κ2) is 9.10. The van der Waals surface area contributed by atoms with Crippen LogP contribution < -0.4 is 0 Å². The van der Waals surface area contributed by atoms with Crippen molar-refractivity contribution in [1.29, 1.82) is 0 Å². The predicted molar refractivity (Wildman–Crippen MR) is 196 cm³/mol. The van der Waals surface area contributed by atoms with E-state index in [1.165, 1.54) is 67.8 Å². The van der Waals surface area contributed by atoms with Crippen LogP contribution in [0.1, 0.15) is 11.1 Å². The van der Waals surface area contributed by atoms with Crippen molar-refractivity contribution in [3.8, 4) is 28.5 Å². The quantitative estimate of drug-likeness (QED) is 0.192. The summed E-state index contributed by atoms with van der Waals surface area (Å²) in [6.45, 7) is 0. The van der Waals surface area contributed by atoms with E-state index in [4.69, 9.17) is 9.97 Å². The number of para-hydroxylation sites is 1. The van der Waals surface area contributed by atoms with Crippen LogP contribution in [0.2, 0.25) is 0 Å². The SMILES string of the molecule is c1ccc2c(c1)Cc1c(-c3ccc4c(c3)sc3ccccc34)nc(-n3c4ccccc4c4cc5c(cc43)sc3ccccc35)nc1-2. The minimum Gasteiger partial charge on any atom is -0.278 e. The zero-order valence-corrected chi connectivity index (χ0v) is 26.1. The Hall–Kier alpha value is -5.36. The van der Waals surface area contributed by atoms with E-state index in [1.807, 2.05) is 22.7 Å². The van der Waals surface area contributed by atoms with E-state index in [1.54, 1.807) is 0 Å². The smallest absolute Gasteiger partial charge is 0.235 e. The third-order valence-electron chi connectivity index (χ3n) is 9.66. The first-order valence-corrected chi connectivity index (χ1v) is 17.2. The van der Waals surface area contributed by atoms with Gasteiger partial charge in [-0.1, -0.05) is 91.0 Å². The molecule has 0 aliphatic heterocycles. The van der Waals surface area contributed by atoms with Gasteiger partial charge in [0.25, 0.3) is 0 Å². The molecule has 4 aromatic heterocycles. The van der Waals surface area contributed by atoms with Gasteiger partial charge < -0.3 is 0 Å². The summed E-state index contributed by atoms with van der Waals surface area (Å²) in [6.07, 6.45) is 0.834. The first kappa shape index (κ1) is 24.9. The number of aromatic nitrogens is 3. The fourth-order valence-electron chi connectivity index (χ4n) is 7.57. The minimum absolute atomic E-state index is 0.716. The molecule has 0 saturated carbocycles. The van der Waals surface area contributed by atoms with E-state index in [0.29, 0.717) is 5.95 Å². The summed E-state index contributed by atoms with van der Waals surface area (Å²) in [5, 5.41) is 7.67. The second-order valence-corrected chi connectivity index (χ2v) is 14.3. The number of fused-ring (bicyclic) bond motifs is 12. The fourth-order valence-corrected chi connectivity index (χ4v) is 9.84. The van der Waals surface area contributed by atoms with Crippen LogP contribution in [0.4, 0.5) is 0 Å². The molecule has 214 valence electrons. The maximum absolute atomic E-state index is 5.48. The van der Waals surface area contributed by atoms with Crippen LogP contribution in [0.25, 0.3) is 90.6 Å². The van der Waals surface area contributed by atoms with E-state index in [2.05, 4.69) is 132 Å². The average molecular weight is 622 g/mol. The molecular formula is C41H23N3S2. The largest absolute Gasteiger partial charge is 0.278 e. The summed E-state index contributed by atoms with van der Waals surface area (Å²) in [6, 6.07) is 46.4. The molecule has 0 bridgehead atoms. The summed E-state index contributed by atoms with van der Waals surface area (Å²) in [5.41, 5.74) is 9.18. The maximum atomic E-state index is 5.48. The van der Waals surface area contributed by atoms with Crippen molar-refractivity contribution >= 4 is 84.8 Å². The number of benzene rings is 6. The highest BCUT2D eigenvalue weighted by atomic mass is 32.1. The van der Waals surface area contributed by atoms with Crippen LogP contribution in [0.3, 0.4) is 0 Å². The van der Waals surface area contributed by atoms with E-state index >= 15 is 0 Å². The van der Waals surface area contributed by atoms with Gasteiger partial charge in [0.1, 0.15) is 0 Å². The molecule has 0 atom stereocenters. The van der Waals surface area contributed by atoms with Crippen molar-refractivity contribution in [3.63, 3.8) is 0 Å². The fraction of sp³-hybridized carbons (Fsp3) is 0.0244. The summed E-state index contributed by atoms with van der Waals surface area (Å²) >= 11 is 3.70. The van der Waals surface area contributed by atoms with Gasteiger partial charge in [-0.2, -0.15) is 0 Å². The molecule has 5 heteroatoms. The molecule has 4 heterocycles. The third kappa shape index (κ3) is 3.36. The zero-order valence-electron chi connectivity index (χ0n) is 24.5. The van der Waals surface area contributed by atoms with Crippen molar-refractivity contribution < 1.29 is 0 Å². The molecular weight excluding hydrogens is 599 g/mol. The first-order valence-electron chi connectivity index (χ1n) is 15.5. The van der Waals surface area contributed by atoms with Gasteiger partial charge in [-0.15, -0.1) is 22.7 Å². The van der Waals surface area contributed by atoms with Gasteiger partial charge in [0.05, 0.1) is 22.4 Å². The first-order chi connectivity index (χ1) is 22.8. The lowest BCUT2D eigenvalue weighted by Gasteiger charge is -2.13. The van der Waals surface area contributed by atoms with Crippen molar-refractivity contribution in [2.45, 2.75) is 6.42 Å². The van der Waals surface area contributed by atoms with Gasteiger partial charge in [-0.3, -0.25) is 4.57 Å². The summed E-state index contributed by atoms with van der Waals surface area (Å²) in [7, 11) is 0. The van der Waals surface area contributed by atoms with E-state index < -0.39 is 0 Å². The molecule has 0 amide bonds. The van der Waals surface area contributed by atoms with Crippen molar-refractivity contribution in [2.75, 3.05) is 0 Å². The molecule has 0 spiro atoms. The number of thiophene rings is 2. The second-order valence-electron chi connectivity index (χ2n) is 12.2. The Balaban J connectivity index is 1.23. The molecule has 0 fully saturated rings. The Morgan fingerprint density at radius 1 is 0.478 bits per heavy atom. The highest BCUT2D eigenvalue weighted by Crippen LogP contribution is 2.44. The molecule has 0 unspecified atom stereocenters. The topological polar surface area (TPSA) is 30.7 Å². The average Bonchev–Trinajstić information content (AvgIpc) is 3.85. The van der Waals surface area contributed by atoms with Crippen molar-refractivity contribution in [3.05, 3.63) is 139 Å². The van der Waals surface area contributed by atoms with Crippen molar-refractivity contribution in [2.24, 2.45) is 0 Å². The normalized spacial score (nSPS) is 12.7. The molecule has 1 aliphatic rings. The highest BCUT2D eigenvalue weighted by molar-refractivity contribution is 7.26. The van der Waals surface area contributed by atoms with E-state index in [9.17, 15) is 0 Å². The number of hydrogen-bond donors (Lipinski definition) is 0. The molecule has 46 heavy (non-hydrogen) atoms. The molecule has 0 radical (unpaired) electrons.